The number of hydrogen-bond acceptors (Lipinski definition) is 5. The third kappa shape index (κ3) is 5.03. The molecule has 2 aromatic carbocycles. The van der Waals surface area contributed by atoms with E-state index < -0.39 is 5.91 Å². The van der Waals surface area contributed by atoms with Crippen molar-refractivity contribution in [2.24, 2.45) is 5.73 Å². The van der Waals surface area contributed by atoms with E-state index in [1.807, 2.05) is 12.1 Å². The number of carbonyl (C=O) groups excluding carboxylic acids is 1. The molecule has 4 rings (SSSR count). The first-order chi connectivity index (χ1) is 15.2. The highest BCUT2D eigenvalue weighted by Gasteiger charge is 2.19. The molecule has 1 amide bonds. The Kier molecular flexibility index (Phi) is 6.79. The molecule has 0 radical (unpaired) electrons. The van der Waals surface area contributed by atoms with Crippen LogP contribution in [0.2, 0.25) is 0 Å². The smallest absolute Gasteiger partial charge is 0.250 e. The van der Waals surface area contributed by atoms with Crippen LogP contribution in [-0.2, 0) is 6.54 Å². The van der Waals surface area contributed by atoms with Gasteiger partial charge in [0.2, 0.25) is 11.8 Å². The molecule has 1 aromatic heterocycles. The molecule has 0 spiro atoms. The summed E-state index contributed by atoms with van der Waals surface area (Å²) in [5, 5.41) is 7.27. The summed E-state index contributed by atoms with van der Waals surface area (Å²) in [6.07, 6.45) is 6.45. The van der Waals surface area contributed by atoms with Gasteiger partial charge in [-0.15, -0.1) is 0 Å². The molecule has 0 bridgehead atoms. The summed E-state index contributed by atoms with van der Waals surface area (Å²) in [7, 11) is 0. The van der Waals surface area contributed by atoms with E-state index in [1.54, 1.807) is 12.1 Å². The third-order valence-corrected chi connectivity index (χ3v) is 5.78. The number of pyridine rings is 1. The lowest BCUT2D eigenvalue weighted by Crippen LogP contribution is -2.45. The number of ether oxygens (including phenoxy) is 1. The average Bonchev–Trinajstić information content (AvgIpc) is 2.81. The van der Waals surface area contributed by atoms with Crippen LogP contribution in [0.5, 0.6) is 11.6 Å². The summed E-state index contributed by atoms with van der Waals surface area (Å²) in [6, 6.07) is 15.8. The Morgan fingerprint density at radius 3 is 2.52 bits per heavy atom. The monoisotopic (exact) mass is 418 g/mol. The van der Waals surface area contributed by atoms with Crippen LogP contribution in [0.3, 0.4) is 0 Å². The van der Waals surface area contributed by atoms with Crippen LogP contribution < -0.4 is 10.5 Å². The fourth-order valence-electron chi connectivity index (χ4n) is 4.20. The number of primary amides is 1. The van der Waals surface area contributed by atoms with Gasteiger partial charge in [0.05, 0.1) is 5.56 Å². The minimum Gasteiger partial charge on any atom is -0.438 e. The lowest BCUT2D eigenvalue weighted by Gasteiger charge is -2.37. The standard InChI is InChI=1S/C25H30N4O2/c1-2-14-29(28-15-6-3-7-16-28)18-20-10-12-23(22-9-5-4-8-21(20)22)31-24-13-11-19(17-27-24)25(26)30/h4-5,8-13,17H,2-3,6-7,14-16,18H2,1H3,(H2,26,30). The molecule has 0 unspecified atom stereocenters. The van der Waals surface area contributed by atoms with Gasteiger partial charge in [-0.2, -0.15) is 0 Å². The summed E-state index contributed by atoms with van der Waals surface area (Å²) in [5.41, 5.74) is 6.95. The zero-order valence-corrected chi connectivity index (χ0v) is 18.1. The number of hydrogen-bond donors (Lipinski definition) is 1. The van der Waals surface area contributed by atoms with E-state index in [0.29, 0.717) is 11.4 Å². The van der Waals surface area contributed by atoms with Crippen LogP contribution in [-0.4, -0.2) is 40.5 Å². The molecule has 1 aliphatic heterocycles. The second-order valence-corrected chi connectivity index (χ2v) is 8.02. The zero-order valence-electron chi connectivity index (χ0n) is 18.1. The molecule has 1 aliphatic rings. The normalized spacial score (nSPS) is 14.8. The Morgan fingerprint density at radius 2 is 1.84 bits per heavy atom. The Bertz CT molecular complexity index is 1030. The number of fused-ring (bicyclic) bond motifs is 1. The highest BCUT2D eigenvalue weighted by Crippen LogP contribution is 2.32. The number of amides is 1. The summed E-state index contributed by atoms with van der Waals surface area (Å²) in [4.78, 5) is 15.5. The molecule has 0 aliphatic carbocycles. The van der Waals surface area contributed by atoms with E-state index in [4.69, 9.17) is 10.5 Å². The second-order valence-electron chi connectivity index (χ2n) is 8.02. The van der Waals surface area contributed by atoms with Crippen molar-refractivity contribution in [1.82, 2.24) is 15.0 Å². The quantitative estimate of drug-likeness (QED) is 0.572. The van der Waals surface area contributed by atoms with Crippen molar-refractivity contribution in [1.29, 1.82) is 0 Å². The first-order valence-electron chi connectivity index (χ1n) is 11.1. The Balaban J connectivity index is 1.60. The van der Waals surface area contributed by atoms with Gasteiger partial charge in [0.25, 0.3) is 0 Å². The van der Waals surface area contributed by atoms with Gasteiger partial charge in [0, 0.05) is 43.8 Å². The Hall–Kier alpha value is -2.96. The van der Waals surface area contributed by atoms with Gasteiger partial charge in [0.15, 0.2) is 0 Å². The van der Waals surface area contributed by atoms with Gasteiger partial charge in [0.1, 0.15) is 5.75 Å². The molecular weight excluding hydrogens is 388 g/mol. The average molecular weight is 419 g/mol. The third-order valence-electron chi connectivity index (χ3n) is 5.78. The van der Waals surface area contributed by atoms with Crippen molar-refractivity contribution >= 4 is 16.7 Å². The molecular formula is C25H30N4O2. The zero-order chi connectivity index (χ0) is 21.6. The maximum Gasteiger partial charge on any atom is 0.250 e. The number of hydrazine groups is 1. The van der Waals surface area contributed by atoms with Crippen molar-refractivity contribution in [3.8, 4) is 11.6 Å². The fraction of sp³-hybridized carbons (Fsp3) is 0.360. The van der Waals surface area contributed by atoms with Crippen molar-refractivity contribution in [3.63, 3.8) is 0 Å². The highest BCUT2D eigenvalue weighted by atomic mass is 16.5. The molecule has 0 atom stereocenters. The molecule has 6 heteroatoms. The van der Waals surface area contributed by atoms with Crippen LogP contribution in [0.4, 0.5) is 0 Å². The maximum absolute atomic E-state index is 11.3. The van der Waals surface area contributed by atoms with Gasteiger partial charge in [-0.1, -0.05) is 43.7 Å². The van der Waals surface area contributed by atoms with E-state index in [0.717, 1.165) is 43.7 Å². The van der Waals surface area contributed by atoms with Crippen LogP contribution in [0.15, 0.2) is 54.7 Å². The SMILES string of the molecule is CCCN(Cc1ccc(Oc2ccc(C(N)=O)cn2)c2ccccc12)N1CCCCC1. The van der Waals surface area contributed by atoms with Gasteiger partial charge >= 0.3 is 0 Å². The summed E-state index contributed by atoms with van der Waals surface area (Å²) < 4.78 is 6.06. The van der Waals surface area contributed by atoms with Crippen LogP contribution in [0.1, 0.15) is 48.5 Å². The summed E-state index contributed by atoms with van der Waals surface area (Å²) in [5.74, 6) is 0.682. The predicted octanol–water partition coefficient (Wildman–Crippen LogP) is 4.74. The molecule has 2 N–H and O–H groups in total. The van der Waals surface area contributed by atoms with Gasteiger partial charge < -0.3 is 10.5 Å². The van der Waals surface area contributed by atoms with Crippen molar-refractivity contribution in [2.75, 3.05) is 19.6 Å². The number of nitrogens with two attached hydrogens (primary N) is 1. The molecule has 3 aromatic rings. The number of piperidine rings is 1. The molecule has 162 valence electrons. The minimum absolute atomic E-state index is 0.362. The minimum atomic E-state index is -0.501. The maximum atomic E-state index is 11.3. The van der Waals surface area contributed by atoms with Crippen LogP contribution >= 0.6 is 0 Å². The number of benzene rings is 2. The molecule has 1 saturated heterocycles. The van der Waals surface area contributed by atoms with Crippen LogP contribution in [0, 0.1) is 0 Å². The van der Waals surface area contributed by atoms with Crippen molar-refractivity contribution in [2.45, 2.75) is 39.2 Å². The lowest BCUT2D eigenvalue weighted by molar-refractivity contribution is -0.0464. The molecule has 2 heterocycles. The lowest BCUT2D eigenvalue weighted by atomic mass is 10.0. The number of nitrogens with zero attached hydrogens (tertiary/aromatic N) is 3. The van der Waals surface area contributed by atoms with Crippen molar-refractivity contribution in [3.05, 3.63) is 65.9 Å². The van der Waals surface area contributed by atoms with Gasteiger partial charge in [-0.3, -0.25) is 4.79 Å². The first kappa shape index (κ1) is 21.3. The van der Waals surface area contributed by atoms with E-state index in [-0.39, 0.29) is 0 Å². The number of aromatic nitrogens is 1. The second kappa shape index (κ2) is 9.90. The van der Waals surface area contributed by atoms with E-state index >= 15 is 0 Å². The summed E-state index contributed by atoms with van der Waals surface area (Å²) >= 11 is 0. The first-order valence-corrected chi connectivity index (χ1v) is 11.1. The largest absolute Gasteiger partial charge is 0.438 e. The summed E-state index contributed by atoms with van der Waals surface area (Å²) in [6.45, 7) is 6.48. The van der Waals surface area contributed by atoms with E-state index in [2.05, 4.69) is 46.2 Å². The highest BCUT2D eigenvalue weighted by molar-refractivity contribution is 5.92. The van der Waals surface area contributed by atoms with Gasteiger partial charge in [-0.05, 0) is 42.3 Å². The Morgan fingerprint density at radius 1 is 1.06 bits per heavy atom. The predicted molar refractivity (Wildman–Crippen MR) is 123 cm³/mol. The molecule has 1 fully saturated rings. The topological polar surface area (TPSA) is 71.7 Å². The number of carbonyl (C=O) groups is 1. The number of rotatable bonds is 8. The van der Waals surface area contributed by atoms with E-state index in [1.165, 1.54) is 36.4 Å². The van der Waals surface area contributed by atoms with E-state index in [9.17, 15) is 4.79 Å². The molecule has 6 nitrogen and oxygen atoms in total. The molecule has 31 heavy (non-hydrogen) atoms. The van der Waals surface area contributed by atoms with Gasteiger partial charge in [-0.25, -0.2) is 15.0 Å². The Labute approximate surface area is 183 Å². The van der Waals surface area contributed by atoms with Crippen LogP contribution in [0.25, 0.3) is 10.8 Å². The van der Waals surface area contributed by atoms with Crippen molar-refractivity contribution < 1.29 is 9.53 Å². The fourth-order valence-corrected chi connectivity index (χ4v) is 4.20. The molecule has 0 saturated carbocycles.